The lowest BCUT2D eigenvalue weighted by atomic mass is 9.99. The molecule has 4 N–H and O–H groups in total. The average molecular weight is 318 g/mol. The number of anilines is 1. The number of nitrogen functional groups attached to an aromatic ring is 1. The molecule has 1 saturated heterocycles. The average Bonchev–Trinajstić information content (AvgIpc) is 2.70. The van der Waals surface area contributed by atoms with E-state index < -0.39 is 42.3 Å². The predicted molar refractivity (Wildman–Crippen MR) is 72.2 cm³/mol. The van der Waals surface area contributed by atoms with Crippen molar-refractivity contribution in [2.24, 2.45) is 0 Å². The van der Waals surface area contributed by atoms with Gasteiger partial charge in [0.05, 0.1) is 6.61 Å². The molecule has 9 heteroatoms. The van der Waals surface area contributed by atoms with Gasteiger partial charge in [0, 0.05) is 6.20 Å². The normalized spacial score (nSPS) is 31.7. The van der Waals surface area contributed by atoms with E-state index in [0.717, 1.165) is 4.57 Å². The number of aliphatic hydroxyl groups excluding tert-OH is 2. The first-order valence-corrected chi connectivity index (χ1v) is 6.35. The standard InChI is InChI=1S/C12H13ClFN3O4/c13-12(3-1-4-14)9(19)7(6-18)21-10(12)17-5-2-8(15)16-11(17)20/h2,5,7,9-10,18-19H,4,6H2,(H2,15,16,20)/t7-,9+,10-,12?/m1/s1. The maximum atomic E-state index is 12.3. The fourth-order valence-electron chi connectivity index (χ4n) is 2.08. The van der Waals surface area contributed by atoms with Crippen molar-refractivity contribution in [3.63, 3.8) is 0 Å². The van der Waals surface area contributed by atoms with Gasteiger partial charge in [-0.05, 0) is 6.07 Å². The maximum absolute atomic E-state index is 12.3. The Morgan fingerprint density at radius 1 is 1.67 bits per heavy atom. The van der Waals surface area contributed by atoms with Gasteiger partial charge in [-0.1, -0.05) is 23.4 Å². The first-order chi connectivity index (χ1) is 9.93. The molecule has 0 bridgehead atoms. The van der Waals surface area contributed by atoms with Crippen molar-refractivity contribution in [1.29, 1.82) is 0 Å². The van der Waals surface area contributed by atoms with Gasteiger partial charge in [0.2, 0.25) is 0 Å². The summed E-state index contributed by atoms with van der Waals surface area (Å²) < 4.78 is 18.6. The van der Waals surface area contributed by atoms with Gasteiger partial charge in [-0.15, -0.1) is 0 Å². The number of nitrogens with two attached hydrogens (primary N) is 1. The summed E-state index contributed by atoms with van der Waals surface area (Å²) in [6, 6.07) is 1.34. The van der Waals surface area contributed by atoms with Crippen LogP contribution in [-0.4, -0.2) is 50.1 Å². The summed E-state index contributed by atoms with van der Waals surface area (Å²) in [6.45, 7) is -1.52. The highest BCUT2D eigenvalue weighted by molar-refractivity contribution is 6.27. The molecule has 0 aromatic carbocycles. The lowest BCUT2D eigenvalue weighted by Crippen LogP contribution is -2.43. The molecule has 1 aliphatic heterocycles. The van der Waals surface area contributed by atoms with E-state index in [-0.39, 0.29) is 5.82 Å². The summed E-state index contributed by atoms with van der Waals surface area (Å²) in [6.07, 6.45) is -2.45. The molecular weight excluding hydrogens is 305 g/mol. The molecule has 4 atom stereocenters. The SMILES string of the molecule is Nc1ccn([C@@H]2O[C@H](CO)[C@H](O)C2(Cl)C#CCF)c(=O)n1. The summed E-state index contributed by atoms with van der Waals surface area (Å²) in [4.78, 5) is 13.6. The molecule has 0 radical (unpaired) electrons. The highest BCUT2D eigenvalue weighted by atomic mass is 35.5. The number of ether oxygens (including phenoxy) is 1. The van der Waals surface area contributed by atoms with Crippen LogP contribution >= 0.6 is 11.6 Å². The van der Waals surface area contributed by atoms with E-state index in [1.807, 2.05) is 0 Å². The fourth-order valence-corrected chi connectivity index (χ4v) is 2.44. The van der Waals surface area contributed by atoms with Crippen LogP contribution in [0.1, 0.15) is 6.23 Å². The molecule has 0 aliphatic carbocycles. The first kappa shape index (κ1) is 15.7. The largest absolute Gasteiger partial charge is 0.394 e. The third-order valence-electron chi connectivity index (χ3n) is 3.08. The van der Waals surface area contributed by atoms with Crippen LogP contribution < -0.4 is 11.4 Å². The Morgan fingerprint density at radius 3 is 2.95 bits per heavy atom. The second kappa shape index (κ2) is 5.99. The maximum Gasteiger partial charge on any atom is 0.351 e. The monoisotopic (exact) mass is 317 g/mol. The Bertz CT molecular complexity index is 643. The number of hydrogen-bond acceptors (Lipinski definition) is 6. The Hall–Kier alpha value is -1.66. The number of nitrogens with zero attached hydrogens (tertiary/aromatic N) is 2. The summed E-state index contributed by atoms with van der Waals surface area (Å²) in [5.41, 5.74) is 4.62. The Morgan fingerprint density at radius 2 is 2.38 bits per heavy atom. The smallest absolute Gasteiger partial charge is 0.351 e. The van der Waals surface area contributed by atoms with Crippen LogP contribution in [0.15, 0.2) is 17.1 Å². The minimum absolute atomic E-state index is 0.00326. The zero-order valence-electron chi connectivity index (χ0n) is 10.7. The van der Waals surface area contributed by atoms with Crippen LogP contribution in [0.3, 0.4) is 0 Å². The van der Waals surface area contributed by atoms with Crippen LogP contribution in [0.4, 0.5) is 10.2 Å². The number of aliphatic hydroxyl groups is 2. The van der Waals surface area contributed by atoms with Gasteiger partial charge in [-0.25, -0.2) is 9.18 Å². The topological polar surface area (TPSA) is 111 Å². The van der Waals surface area contributed by atoms with E-state index in [1.165, 1.54) is 12.3 Å². The van der Waals surface area contributed by atoms with Crippen LogP contribution in [0.25, 0.3) is 0 Å². The van der Waals surface area contributed by atoms with Crippen molar-refractivity contribution in [3.05, 3.63) is 22.7 Å². The Labute approximate surface area is 124 Å². The summed E-state index contributed by atoms with van der Waals surface area (Å²) in [5.74, 6) is 4.46. The van der Waals surface area contributed by atoms with Crippen molar-refractivity contribution >= 4 is 17.4 Å². The van der Waals surface area contributed by atoms with Crippen LogP contribution in [0, 0.1) is 11.8 Å². The van der Waals surface area contributed by atoms with Crippen molar-refractivity contribution in [1.82, 2.24) is 9.55 Å². The quantitative estimate of drug-likeness (QED) is 0.478. The van der Waals surface area contributed by atoms with Crippen molar-refractivity contribution < 1.29 is 19.3 Å². The predicted octanol–water partition coefficient (Wildman–Crippen LogP) is -0.973. The first-order valence-electron chi connectivity index (χ1n) is 5.98. The van der Waals surface area contributed by atoms with E-state index in [2.05, 4.69) is 16.8 Å². The van der Waals surface area contributed by atoms with E-state index in [1.54, 1.807) is 0 Å². The molecule has 1 fully saturated rings. The van der Waals surface area contributed by atoms with Crippen LogP contribution in [0.5, 0.6) is 0 Å². The summed E-state index contributed by atoms with van der Waals surface area (Å²) >= 11 is 6.24. The molecule has 1 aliphatic rings. The molecule has 0 amide bonds. The molecule has 1 aromatic rings. The second-order valence-corrected chi connectivity index (χ2v) is 5.03. The van der Waals surface area contributed by atoms with Gasteiger partial charge >= 0.3 is 5.69 Å². The molecular formula is C12H13ClFN3O4. The second-order valence-electron chi connectivity index (χ2n) is 4.40. The van der Waals surface area contributed by atoms with Crippen LogP contribution in [-0.2, 0) is 4.74 Å². The lowest BCUT2D eigenvalue weighted by molar-refractivity contribution is -0.0464. The molecule has 7 nitrogen and oxygen atoms in total. The zero-order chi connectivity index (χ0) is 15.6. The van der Waals surface area contributed by atoms with Gasteiger partial charge < -0.3 is 20.7 Å². The Kier molecular flexibility index (Phi) is 4.49. The third kappa shape index (κ3) is 2.73. The molecule has 1 aromatic heterocycles. The van der Waals surface area contributed by atoms with Gasteiger partial charge in [0.15, 0.2) is 11.1 Å². The van der Waals surface area contributed by atoms with Crippen molar-refractivity contribution in [3.8, 4) is 11.8 Å². The van der Waals surface area contributed by atoms with Gasteiger partial charge in [-0.2, -0.15) is 4.98 Å². The number of hydrogen-bond donors (Lipinski definition) is 3. The van der Waals surface area contributed by atoms with E-state index in [0.29, 0.717) is 0 Å². The van der Waals surface area contributed by atoms with Gasteiger partial charge in [-0.3, -0.25) is 4.57 Å². The third-order valence-corrected chi connectivity index (χ3v) is 3.58. The molecule has 114 valence electrons. The molecule has 0 spiro atoms. The van der Waals surface area contributed by atoms with E-state index in [9.17, 15) is 19.4 Å². The Balaban J connectivity index is 2.51. The van der Waals surface area contributed by atoms with Crippen molar-refractivity contribution in [2.75, 3.05) is 19.0 Å². The highest BCUT2D eigenvalue weighted by Gasteiger charge is 2.55. The van der Waals surface area contributed by atoms with E-state index in [4.69, 9.17) is 22.1 Å². The number of aromatic nitrogens is 2. The minimum Gasteiger partial charge on any atom is -0.394 e. The number of alkyl halides is 2. The van der Waals surface area contributed by atoms with E-state index >= 15 is 0 Å². The summed E-state index contributed by atoms with van der Waals surface area (Å²) in [5, 5.41) is 19.3. The molecule has 2 rings (SSSR count). The fraction of sp³-hybridized carbons (Fsp3) is 0.500. The number of rotatable bonds is 2. The van der Waals surface area contributed by atoms with Gasteiger partial charge in [0.1, 0.15) is 24.7 Å². The van der Waals surface area contributed by atoms with Gasteiger partial charge in [0.25, 0.3) is 0 Å². The zero-order valence-corrected chi connectivity index (χ0v) is 11.5. The number of halogens is 2. The molecule has 21 heavy (non-hydrogen) atoms. The molecule has 0 saturated carbocycles. The summed E-state index contributed by atoms with van der Waals surface area (Å²) in [7, 11) is 0. The van der Waals surface area contributed by atoms with Crippen molar-refractivity contribution in [2.45, 2.75) is 23.3 Å². The molecule has 2 heterocycles. The highest BCUT2D eigenvalue weighted by Crippen LogP contribution is 2.42. The molecule has 1 unspecified atom stereocenters. The van der Waals surface area contributed by atoms with Crippen LogP contribution in [0.2, 0.25) is 0 Å². The lowest BCUT2D eigenvalue weighted by Gasteiger charge is -2.25. The minimum atomic E-state index is -1.79.